The maximum absolute atomic E-state index is 14.5. The Bertz CT molecular complexity index is 941. The molecule has 4 rings (SSSR count). The summed E-state index contributed by atoms with van der Waals surface area (Å²) >= 11 is 0. The van der Waals surface area contributed by atoms with Gasteiger partial charge in [0.25, 0.3) is 0 Å². The maximum atomic E-state index is 14.5. The average molecular weight is 304 g/mol. The second kappa shape index (κ2) is 4.98. The molecule has 1 aliphatic heterocycles. The van der Waals surface area contributed by atoms with E-state index in [1.54, 1.807) is 12.3 Å². The lowest BCUT2D eigenvalue weighted by Crippen LogP contribution is -2.29. The Balaban J connectivity index is 1.97. The molecule has 2 heterocycles. The number of benzene rings is 2. The van der Waals surface area contributed by atoms with E-state index in [1.807, 2.05) is 30.3 Å². The van der Waals surface area contributed by atoms with Crippen molar-refractivity contribution in [2.45, 2.75) is 25.8 Å². The zero-order chi connectivity index (χ0) is 16.0. The van der Waals surface area contributed by atoms with Crippen molar-refractivity contribution >= 4 is 16.6 Å². The predicted molar refractivity (Wildman–Crippen MR) is 91.6 cm³/mol. The summed E-state index contributed by atoms with van der Waals surface area (Å²) in [5.41, 5.74) is 4.23. The van der Waals surface area contributed by atoms with Crippen LogP contribution in [0.5, 0.6) is 0 Å². The van der Waals surface area contributed by atoms with Crippen LogP contribution in [0.1, 0.15) is 30.5 Å². The molecule has 114 valence electrons. The zero-order valence-electron chi connectivity index (χ0n) is 13.2. The summed E-state index contributed by atoms with van der Waals surface area (Å²) in [6, 6.07) is 15.5. The largest absolute Gasteiger partial charge is 0.278 e. The van der Waals surface area contributed by atoms with Crippen LogP contribution in [0.4, 0.5) is 4.39 Å². The molecular formula is C20H17FN2. The van der Waals surface area contributed by atoms with Crippen LogP contribution in [0.15, 0.2) is 59.7 Å². The van der Waals surface area contributed by atoms with E-state index in [2.05, 4.69) is 31.0 Å². The highest BCUT2D eigenvalue weighted by atomic mass is 19.1. The normalized spacial score (nSPS) is 16.0. The van der Waals surface area contributed by atoms with Crippen LogP contribution in [0, 0.1) is 5.82 Å². The Labute approximate surface area is 134 Å². The summed E-state index contributed by atoms with van der Waals surface area (Å²) < 4.78 is 14.5. The fourth-order valence-electron chi connectivity index (χ4n) is 3.28. The Kier molecular flexibility index (Phi) is 3.05. The molecule has 0 unspecified atom stereocenters. The quantitative estimate of drug-likeness (QED) is 0.647. The van der Waals surface area contributed by atoms with Gasteiger partial charge < -0.3 is 0 Å². The van der Waals surface area contributed by atoms with E-state index < -0.39 is 0 Å². The van der Waals surface area contributed by atoms with E-state index in [0.717, 1.165) is 28.6 Å². The fraction of sp³-hybridized carbons (Fsp3) is 0.200. The summed E-state index contributed by atoms with van der Waals surface area (Å²) in [5.74, 6) is -0.304. The van der Waals surface area contributed by atoms with Crippen LogP contribution in [0.3, 0.4) is 0 Å². The van der Waals surface area contributed by atoms with Gasteiger partial charge in [0, 0.05) is 22.7 Å². The summed E-state index contributed by atoms with van der Waals surface area (Å²) in [4.78, 5) is 9.03. The molecule has 0 N–H and O–H groups in total. The molecule has 0 saturated heterocycles. The van der Waals surface area contributed by atoms with E-state index >= 15 is 0 Å². The first-order valence-corrected chi connectivity index (χ1v) is 7.76. The van der Waals surface area contributed by atoms with E-state index in [1.165, 1.54) is 5.56 Å². The Morgan fingerprint density at radius 1 is 1.04 bits per heavy atom. The molecule has 0 radical (unpaired) electrons. The van der Waals surface area contributed by atoms with Gasteiger partial charge in [-0.1, -0.05) is 30.3 Å². The first kappa shape index (κ1) is 14.1. The summed E-state index contributed by atoms with van der Waals surface area (Å²) in [7, 11) is 0. The molecule has 3 aromatic rings. The lowest BCUT2D eigenvalue weighted by molar-refractivity contribution is 0.513. The number of rotatable bonds is 1. The van der Waals surface area contributed by atoms with Crippen molar-refractivity contribution in [3.05, 3.63) is 77.2 Å². The van der Waals surface area contributed by atoms with E-state index in [9.17, 15) is 4.39 Å². The van der Waals surface area contributed by atoms with Gasteiger partial charge >= 0.3 is 0 Å². The van der Waals surface area contributed by atoms with Crippen LogP contribution < -0.4 is 0 Å². The second-order valence-electron chi connectivity index (χ2n) is 6.64. The number of aliphatic imine (C=N–C) groups is 1. The number of hydrogen-bond donors (Lipinski definition) is 0. The number of fused-ring (bicyclic) bond motifs is 2. The van der Waals surface area contributed by atoms with Gasteiger partial charge in [0.1, 0.15) is 11.3 Å². The highest BCUT2D eigenvalue weighted by Gasteiger charge is 2.27. The van der Waals surface area contributed by atoms with Gasteiger partial charge in [-0.05, 0) is 44.0 Å². The third-order valence-electron chi connectivity index (χ3n) is 4.24. The molecule has 23 heavy (non-hydrogen) atoms. The number of aromatic nitrogens is 1. The van der Waals surface area contributed by atoms with Gasteiger partial charge in [-0.15, -0.1) is 0 Å². The molecule has 1 aromatic heterocycles. The van der Waals surface area contributed by atoms with Gasteiger partial charge in [-0.25, -0.2) is 4.39 Å². The molecule has 1 aliphatic rings. The highest BCUT2D eigenvalue weighted by molar-refractivity contribution is 6.15. The number of hydrogen-bond acceptors (Lipinski definition) is 2. The van der Waals surface area contributed by atoms with Crippen molar-refractivity contribution in [1.29, 1.82) is 0 Å². The maximum Gasteiger partial charge on any atom is 0.150 e. The lowest BCUT2D eigenvalue weighted by atomic mass is 9.85. The number of pyridine rings is 1. The van der Waals surface area contributed by atoms with Crippen molar-refractivity contribution in [2.75, 3.05) is 0 Å². The summed E-state index contributed by atoms with van der Waals surface area (Å²) in [6.45, 7) is 4.23. The van der Waals surface area contributed by atoms with Crippen LogP contribution in [-0.4, -0.2) is 16.2 Å². The van der Waals surface area contributed by atoms with Crippen molar-refractivity contribution in [2.24, 2.45) is 4.99 Å². The zero-order valence-corrected chi connectivity index (χ0v) is 13.2. The van der Waals surface area contributed by atoms with Gasteiger partial charge in [0.15, 0.2) is 0 Å². The number of halogens is 1. The predicted octanol–water partition coefficient (Wildman–Crippen LogP) is 4.55. The highest BCUT2D eigenvalue weighted by Crippen LogP contribution is 2.30. The molecule has 0 atom stereocenters. The molecule has 0 fully saturated rings. The van der Waals surface area contributed by atoms with Crippen LogP contribution >= 0.6 is 0 Å². The topological polar surface area (TPSA) is 25.2 Å². The molecule has 0 aliphatic carbocycles. The van der Waals surface area contributed by atoms with Gasteiger partial charge in [-0.3, -0.25) is 9.98 Å². The Morgan fingerprint density at radius 3 is 2.74 bits per heavy atom. The first-order valence-electron chi connectivity index (χ1n) is 7.76. The Morgan fingerprint density at radius 2 is 1.87 bits per heavy atom. The van der Waals surface area contributed by atoms with Gasteiger partial charge in [0.05, 0.1) is 11.3 Å². The first-order chi connectivity index (χ1) is 11.0. The molecule has 0 saturated carbocycles. The molecular weight excluding hydrogens is 287 g/mol. The second-order valence-corrected chi connectivity index (χ2v) is 6.64. The van der Waals surface area contributed by atoms with E-state index in [4.69, 9.17) is 4.99 Å². The molecule has 0 spiro atoms. The minimum atomic E-state index is -0.304. The van der Waals surface area contributed by atoms with Crippen LogP contribution in [0.2, 0.25) is 0 Å². The molecule has 0 bridgehead atoms. The average Bonchev–Trinajstić information content (AvgIpc) is 2.53. The summed E-state index contributed by atoms with van der Waals surface area (Å²) in [5, 5.41) is 0.797. The smallest absolute Gasteiger partial charge is 0.150 e. The third kappa shape index (κ3) is 2.42. The van der Waals surface area contributed by atoms with Crippen molar-refractivity contribution in [3.8, 4) is 0 Å². The van der Waals surface area contributed by atoms with Gasteiger partial charge in [-0.2, -0.15) is 0 Å². The monoisotopic (exact) mass is 304 g/mol. The fourth-order valence-corrected chi connectivity index (χ4v) is 3.28. The minimum Gasteiger partial charge on any atom is -0.278 e. The molecule has 0 amide bonds. The van der Waals surface area contributed by atoms with Crippen LogP contribution in [-0.2, 0) is 6.42 Å². The lowest BCUT2D eigenvalue weighted by Gasteiger charge is -2.29. The van der Waals surface area contributed by atoms with Crippen molar-refractivity contribution in [1.82, 2.24) is 4.98 Å². The third-order valence-corrected chi connectivity index (χ3v) is 4.24. The standard InChI is InChI=1S/C20H17FN2/c1-20(2)12-14-6-3-4-8-16(14)18(23-20)15-10-13-7-5-9-22-19(13)17(21)11-15/h3-11H,12H2,1-2H3. The molecule has 2 aromatic carbocycles. The molecule has 2 nitrogen and oxygen atoms in total. The summed E-state index contributed by atoms with van der Waals surface area (Å²) in [6.07, 6.45) is 2.51. The van der Waals surface area contributed by atoms with Gasteiger partial charge in [0.2, 0.25) is 0 Å². The molecule has 3 heteroatoms. The van der Waals surface area contributed by atoms with Crippen LogP contribution in [0.25, 0.3) is 10.9 Å². The number of nitrogens with zero attached hydrogens (tertiary/aromatic N) is 2. The minimum absolute atomic E-state index is 0.190. The Hall–Kier alpha value is -2.55. The van der Waals surface area contributed by atoms with Crippen molar-refractivity contribution in [3.63, 3.8) is 0 Å². The SMILES string of the molecule is CC1(C)Cc2ccccc2C(c2cc(F)c3ncccc3c2)=N1. The van der Waals surface area contributed by atoms with E-state index in [-0.39, 0.29) is 11.4 Å². The van der Waals surface area contributed by atoms with E-state index in [0.29, 0.717) is 5.52 Å². The van der Waals surface area contributed by atoms with Crippen molar-refractivity contribution < 1.29 is 4.39 Å².